The molecule has 0 radical (unpaired) electrons. The van der Waals surface area contributed by atoms with Crippen molar-refractivity contribution in [1.29, 1.82) is 0 Å². The molecule has 0 spiro atoms. The molecule has 0 unspecified atom stereocenters. The molecule has 0 aliphatic carbocycles. The van der Waals surface area contributed by atoms with Gasteiger partial charge in [-0.25, -0.2) is 0 Å². The lowest BCUT2D eigenvalue weighted by atomic mass is 9.86. The maximum Gasteiger partial charge on any atom is 0.416 e. The fraction of sp³-hybridized carbons (Fsp3) is 0.538. The SMILES string of the molecule is Cl.N[C@@H](c1cc(C(F)(F)F)ccc1Cl)C1CCNCC1. The highest BCUT2D eigenvalue weighted by atomic mass is 35.5. The molecule has 7 heteroatoms. The van der Waals surface area contributed by atoms with Crippen molar-refractivity contribution in [3.8, 4) is 0 Å². The third-order valence-electron chi connectivity index (χ3n) is 3.57. The standard InChI is InChI=1S/C13H16ClF3N2.ClH/c14-11-2-1-9(13(15,16)17)7-10(11)12(18)8-3-5-19-6-4-8;/h1-2,7-8,12,19H,3-6,18H2;1H/t12-;/m1./s1. The van der Waals surface area contributed by atoms with Crippen LogP contribution in [0.4, 0.5) is 13.2 Å². The Hall–Kier alpha value is -0.490. The van der Waals surface area contributed by atoms with Gasteiger partial charge in [-0.1, -0.05) is 11.6 Å². The van der Waals surface area contributed by atoms with E-state index in [1.165, 1.54) is 6.07 Å². The van der Waals surface area contributed by atoms with E-state index in [4.69, 9.17) is 17.3 Å². The fourth-order valence-corrected chi connectivity index (χ4v) is 2.68. The van der Waals surface area contributed by atoms with Crippen LogP contribution in [-0.4, -0.2) is 13.1 Å². The summed E-state index contributed by atoms with van der Waals surface area (Å²) in [4.78, 5) is 0. The van der Waals surface area contributed by atoms with Gasteiger partial charge in [-0.2, -0.15) is 13.2 Å². The first-order valence-electron chi connectivity index (χ1n) is 6.22. The maximum atomic E-state index is 12.7. The number of piperidine rings is 1. The van der Waals surface area contributed by atoms with Crippen LogP contribution < -0.4 is 11.1 Å². The van der Waals surface area contributed by atoms with Crippen LogP contribution in [0.5, 0.6) is 0 Å². The second-order valence-corrected chi connectivity index (χ2v) is 5.25. The third kappa shape index (κ3) is 4.01. The van der Waals surface area contributed by atoms with Gasteiger partial charge in [0, 0.05) is 11.1 Å². The molecule has 2 rings (SSSR count). The quantitative estimate of drug-likeness (QED) is 0.867. The van der Waals surface area contributed by atoms with Crippen molar-refractivity contribution >= 4 is 24.0 Å². The highest BCUT2D eigenvalue weighted by Crippen LogP contribution is 2.36. The van der Waals surface area contributed by atoms with E-state index < -0.39 is 17.8 Å². The summed E-state index contributed by atoms with van der Waals surface area (Å²) >= 11 is 6.00. The minimum Gasteiger partial charge on any atom is -0.324 e. The first kappa shape index (κ1) is 17.6. The first-order chi connectivity index (χ1) is 8.89. The lowest BCUT2D eigenvalue weighted by Gasteiger charge is -2.29. The fourth-order valence-electron chi connectivity index (χ4n) is 2.43. The highest BCUT2D eigenvalue weighted by Gasteiger charge is 2.32. The van der Waals surface area contributed by atoms with Crippen LogP contribution in [0.2, 0.25) is 5.02 Å². The molecule has 0 amide bonds. The monoisotopic (exact) mass is 328 g/mol. The average Bonchev–Trinajstić information content (AvgIpc) is 2.38. The minimum absolute atomic E-state index is 0. The van der Waals surface area contributed by atoms with Crippen LogP contribution in [-0.2, 0) is 6.18 Å². The number of halogens is 5. The molecule has 0 saturated carbocycles. The molecular weight excluding hydrogens is 312 g/mol. The Morgan fingerprint density at radius 1 is 1.25 bits per heavy atom. The zero-order valence-electron chi connectivity index (χ0n) is 10.7. The molecule has 1 atom stereocenters. The molecule has 20 heavy (non-hydrogen) atoms. The third-order valence-corrected chi connectivity index (χ3v) is 3.92. The van der Waals surface area contributed by atoms with Crippen molar-refractivity contribution in [2.75, 3.05) is 13.1 Å². The van der Waals surface area contributed by atoms with E-state index in [-0.39, 0.29) is 18.3 Å². The second-order valence-electron chi connectivity index (χ2n) is 4.85. The highest BCUT2D eigenvalue weighted by molar-refractivity contribution is 6.31. The van der Waals surface area contributed by atoms with E-state index in [0.717, 1.165) is 38.1 Å². The molecule has 1 aliphatic heterocycles. The lowest BCUT2D eigenvalue weighted by molar-refractivity contribution is -0.137. The minimum atomic E-state index is -4.37. The van der Waals surface area contributed by atoms with Gasteiger partial charge in [0.25, 0.3) is 0 Å². The number of benzene rings is 1. The lowest BCUT2D eigenvalue weighted by Crippen LogP contribution is -2.34. The molecule has 1 aliphatic rings. The summed E-state index contributed by atoms with van der Waals surface area (Å²) < 4.78 is 38.1. The van der Waals surface area contributed by atoms with Crippen molar-refractivity contribution in [1.82, 2.24) is 5.32 Å². The Morgan fingerprint density at radius 2 is 1.85 bits per heavy atom. The van der Waals surface area contributed by atoms with E-state index >= 15 is 0 Å². The van der Waals surface area contributed by atoms with Gasteiger partial charge in [-0.15, -0.1) is 12.4 Å². The molecule has 1 aromatic carbocycles. The van der Waals surface area contributed by atoms with Gasteiger partial charge in [-0.3, -0.25) is 0 Å². The summed E-state index contributed by atoms with van der Waals surface area (Å²) in [6.07, 6.45) is -2.66. The summed E-state index contributed by atoms with van der Waals surface area (Å²) in [5, 5.41) is 3.51. The molecule has 2 nitrogen and oxygen atoms in total. The van der Waals surface area contributed by atoms with Crippen molar-refractivity contribution in [3.63, 3.8) is 0 Å². The summed E-state index contributed by atoms with van der Waals surface area (Å²) in [5.74, 6) is 0.169. The first-order valence-corrected chi connectivity index (χ1v) is 6.60. The normalized spacial score (nSPS) is 18.4. The van der Waals surface area contributed by atoms with Gasteiger partial charge in [-0.05, 0) is 55.6 Å². The maximum absolute atomic E-state index is 12.7. The van der Waals surface area contributed by atoms with Crippen LogP contribution in [0, 0.1) is 5.92 Å². The molecule has 0 bridgehead atoms. The number of nitrogens with one attached hydrogen (secondary N) is 1. The predicted molar refractivity (Wildman–Crippen MR) is 76.2 cm³/mol. The van der Waals surface area contributed by atoms with Crippen LogP contribution in [0.15, 0.2) is 18.2 Å². The molecule has 3 N–H and O–H groups in total. The number of alkyl halides is 3. The topological polar surface area (TPSA) is 38.0 Å². The molecule has 0 aromatic heterocycles. The Labute approximate surface area is 127 Å². The summed E-state index contributed by atoms with van der Waals surface area (Å²) in [7, 11) is 0. The molecule has 1 aromatic rings. The van der Waals surface area contributed by atoms with E-state index in [1.807, 2.05) is 0 Å². The van der Waals surface area contributed by atoms with Crippen molar-refractivity contribution in [2.24, 2.45) is 11.7 Å². The predicted octanol–water partition coefficient (Wildman–Crippen LogP) is 3.78. The summed E-state index contributed by atoms with van der Waals surface area (Å²) in [6.45, 7) is 1.68. The molecule has 1 heterocycles. The van der Waals surface area contributed by atoms with Crippen molar-refractivity contribution in [2.45, 2.75) is 25.1 Å². The Balaban J connectivity index is 0.00000200. The van der Waals surface area contributed by atoms with Crippen LogP contribution in [0.1, 0.15) is 30.0 Å². The van der Waals surface area contributed by atoms with Gasteiger partial charge in [0.1, 0.15) is 0 Å². The smallest absolute Gasteiger partial charge is 0.324 e. The Bertz CT molecular complexity index is 446. The molecule has 114 valence electrons. The van der Waals surface area contributed by atoms with E-state index in [0.29, 0.717) is 10.6 Å². The van der Waals surface area contributed by atoms with Crippen LogP contribution in [0.3, 0.4) is 0 Å². The van der Waals surface area contributed by atoms with Crippen molar-refractivity contribution in [3.05, 3.63) is 34.3 Å². The van der Waals surface area contributed by atoms with E-state index in [1.54, 1.807) is 0 Å². The number of hydrogen-bond donors (Lipinski definition) is 2. The summed E-state index contributed by atoms with van der Waals surface area (Å²) in [5.41, 5.74) is 5.80. The summed E-state index contributed by atoms with van der Waals surface area (Å²) in [6, 6.07) is 2.90. The molecular formula is C13H17Cl2F3N2. The molecule has 1 fully saturated rings. The van der Waals surface area contributed by atoms with Gasteiger partial charge >= 0.3 is 6.18 Å². The van der Waals surface area contributed by atoms with Crippen LogP contribution in [0.25, 0.3) is 0 Å². The largest absolute Gasteiger partial charge is 0.416 e. The Morgan fingerprint density at radius 3 is 2.40 bits per heavy atom. The Kier molecular flexibility index (Phi) is 6.13. The second kappa shape index (κ2) is 6.98. The number of rotatable bonds is 2. The zero-order valence-corrected chi connectivity index (χ0v) is 12.3. The van der Waals surface area contributed by atoms with Gasteiger partial charge in [0.2, 0.25) is 0 Å². The number of nitrogens with two attached hydrogens (primary N) is 1. The number of hydrogen-bond acceptors (Lipinski definition) is 2. The van der Waals surface area contributed by atoms with Gasteiger partial charge < -0.3 is 11.1 Å². The van der Waals surface area contributed by atoms with Gasteiger partial charge in [0.15, 0.2) is 0 Å². The van der Waals surface area contributed by atoms with E-state index in [9.17, 15) is 13.2 Å². The van der Waals surface area contributed by atoms with Gasteiger partial charge in [0.05, 0.1) is 5.56 Å². The average molecular weight is 329 g/mol. The molecule has 1 saturated heterocycles. The zero-order chi connectivity index (χ0) is 14.0. The van der Waals surface area contributed by atoms with E-state index in [2.05, 4.69) is 5.32 Å². The van der Waals surface area contributed by atoms with Crippen molar-refractivity contribution < 1.29 is 13.2 Å². The van der Waals surface area contributed by atoms with Crippen LogP contribution >= 0.6 is 24.0 Å².